The lowest BCUT2D eigenvalue weighted by Gasteiger charge is -2.26. The van der Waals surface area contributed by atoms with Gasteiger partial charge in [-0.2, -0.15) is 0 Å². The Bertz CT molecular complexity index is 125. The lowest BCUT2D eigenvalue weighted by atomic mass is 10.0. The third kappa shape index (κ3) is 1.99. The van der Waals surface area contributed by atoms with E-state index in [1.807, 2.05) is 0 Å². The van der Waals surface area contributed by atoms with Crippen molar-refractivity contribution in [2.45, 2.75) is 12.8 Å². The number of hydrogen-bond acceptors (Lipinski definition) is 3. The fourth-order valence-corrected chi connectivity index (χ4v) is 1.42. The van der Waals surface area contributed by atoms with Gasteiger partial charge in [-0.3, -0.25) is 0 Å². The fraction of sp³-hybridized carbons (Fsp3) is 0.857. The topological polar surface area (TPSA) is 35.8 Å². The van der Waals surface area contributed by atoms with Crippen LogP contribution in [0.3, 0.4) is 0 Å². The van der Waals surface area contributed by atoms with E-state index >= 15 is 0 Å². The molecule has 1 atom stereocenters. The molecule has 1 saturated heterocycles. The van der Waals surface area contributed by atoms with E-state index in [1.165, 1.54) is 13.0 Å². The molecule has 1 fully saturated rings. The zero-order valence-corrected chi connectivity index (χ0v) is 6.32. The number of piperidine rings is 1. The normalized spacial score (nSPS) is 29.5. The highest BCUT2D eigenvalue weighted by molar-refractivity contribution is 5.60. The van der Waals surface area contributed by atoms with E-state index in [1.54, 1.807) is 6.21 Å². The number of nitrogens with zero attached hydrogens (tertiary/aromatic N) is 2. The molecule has 0 amide bonds. The molecule has 58 valence electrons. The quantitative estimate of drug-likeness (QED) is 0.334. The molecule has 0 aromatic rings. The van der Waals surface area contributed by atoms with Crippen molar-refractivity contribution in [3.63, 3.8) is 0 Å². The van der Waals surface area contributed by atoms with E-state index in [0.717, 1.165) is 13.0 Å². The fourth-order valence-electron chi connectivity index (χ4n) is 1.42. The lowest BCUT2D eigenvalue weighted by Crippen LogP contribution is -2.32. The van der Waals surface area contributed by atoms with Crippen LogP contribution >= 0.6 is 0 Å². The highest BCUT2D eigenvalue weighted by atomic mass is 16.4. The molecule has 3 nitrogen and oxygen atoms in total. The van der Waals surface area contributed by atoms with Crippen molar-refractivity contribution in [3.8, 4) is 0 Å². The van der Waals surface area contributed by atoms with Crippen molar-refractivity contribution in [2.75, 3.05) is 20.1 Å². The minimum absolute atomic E-state index is 0.462. The highest BCUT2D eigenvalue weighted by Gasteiger charge is 2.14. The first-order chi connectivity index (χ1) is 4.83. The van der Waals surface area contributed by atoms with Gasteiger partial charge in [0.1, 0.15) is 0 Å². The van der Waals surface area contributed by atoms with Crippen LogP contribution < -0.4 is 0 Å². The Balaban J connectivity index is 2.32. The molecule has 0 aromatic heterocycles. The van der Waals surface area contributed by atoms with Gasteiger partial charge in [0, 0.05) is 18.7 Å². The van der Waals surface area contributed by atoms with Gasteiger partial charge in [-0.15, -0.1) is 5.16 Å². The maximum absolute atomic E-state index is 8.26. The molecule has 1 N–H and O–H groups in total. The Morgan fingerprint density at radius 2 is 2.50 bits per heavy atom. The minimum atomic E-state index is 0.462. The summed E-state index contributed by atoms with van der Waals surface area (Å²) < 4.78 is 0. The molecule has 10 heavy (non-hydrogen) atoms. The smallest absolute Gasteiger partial charge is 0.0479 e. The van der Waals surface area contributed by atoms with Crippen molar-refractivity contribution in [1.82, 2.24) is 4.90 Å². The Morgan fingerprint density at radius 3 is 3.10 bits per heavy atom. The predicted octanol–water partition coefficient (Wildman–Crippen LogP) is 0.788. The summed E-state index contributed by atoms with van der Waals surface area (Å²) in [6, 6.07) is 0. The molecule has 1 aliphatic rings. The van der Waals surface area contributed by atoms with E-state index in [2.05, 4.69) is 17.1 Å². The third-order valence-corrected chi connectivity index (χ3v) is 1.94. The summed E-state index contributed by atoms with van der Waals surface area (Å²) >= 11 is 0. The Morgan fingerprint density at radius 1 is 1.70 bits per heavy atom. The first kappa shape index (κ1) is 7.54. The van der Waals surface area contributed by atoms with Crippen molar-refractivity contribution < 1.29 is 5.21 Å². The van der Waals surface area contributed by atoms with E-state index in [4.69, 9.17) is 5.21 Å². The van der Waals surface area contributed by atoms with Crippen LogP contribution in [0.25, 0.3) is 0 Å². The Kier molecular flexibility index (Phi) is 2.68. The molecule has 1 heterocycles. The van der Waals surface area contributed by atoms with Crippen LogP contribution in [0.5, 0.6) is 0 Å². The molecule has 3 heteroatoms. The first-order valence-corrected chi connectivity index (χ1v) is 3.69. The molecule has 1 rings (SSSR count). The van der Waals surface area contributed by atoms with Crippen molar-refractivity contribution in [3.05, 3.63) is 0 Å². The van der Waals surface area contributed by atoms with Gasteiger partial charge >= 0.3 is 0 Å². The van der Waals surface area contributed by atoms with E-state index in [0.29, 0.717) is 5.92 Å². The van der Waals surface area contributed by atoms with Crippen LogP contribution in [0.4, 0.5) is 0 Å². The SMILES string of the molecule is CN1CCCC(C=NO)C1. The Labute approximate surface area is 61.3 Å². The first-order valence-electron chi connectivity index (χ1n) is 3.69. The zero-order valence-electron chi connectivity index (χ0n) is 6.32. The molecule has 0 aromatic carbocycles. The van der Waals surface area contributed by atoms with Crippen molar-refractivity contribution in [1.29, 1.82) is 0 Å². The summed E-state index contributed by atoms with van der Waals surface area (Å²) in [7, 11) is 2.09. The lowest BCUT2D eigenvalue weighted by molar-refractivity contribution is 0.243. The van der Waals surface area contributed by atoms with Crippen LogP contribution in [-0.2, 0) is 0 Å². The predicted molar refractivity (Wildman–Crippen MR) is 40.5 cm³/mol. The molecular weight excluding hydrogens is 128 g/mol. The maximum atomic E-state index is 8.26. The number of hydrogen-bond donors (Lipinski definition) is 1. The van der Waals surface area contributed by atoms with E-state index in [9.17, 15) is 0 Å². The molecule has 1 unspecified atom stereocenters. The zero-order chi connectivity index (χ0) is 7.40. The van der Waals surface area contributed by atoms with Gasteiger partial charge in [-0.05, 0) is 26.4 Å². The molecule has 0 bridgehead atoms. The molecule has 0 radical (unpaired) electrons. The van der Waals surface area contributed by atoms with Gasteiger partial charge < -0.3 is 10.1 Å². The summed E-state index contributed by atoms with van der Waals surface area (Å²) in [5.74, 6) is 0.462. The van der Waals surface area contributed by atoms with Crippen LogP contribution in [-0.4, -0.2) is 36.5 Å². The van der Waals surface area contributed by atoms with Crippen molar-refractivity contribution in [2.24, 2.45) is 11.1 Å². The maximum Gasteiger partial charge on any atom is 0.0479 e. The van der Waals surface area contributed by atoms with E-state index in [-0.39, 0.29) is 0 Å². The molecule has 0 aliphatic carbocycles. The van der Waals surface area contributed by atoms with Gasteiger partial charge in [0.15, 0.2) is 0 Å². The summed E-state index contributed by atoms with van der Waals surface area (Å²) in [6.07, 6.45) is 4.01. The average Bonchev–Trinajstić information content (AvgIpc) is 1.88. The van der Waals surface area contributed by atoms with Gasteiger partial charge in [-0.25, -0.2) is 0 Å². The van der Waals surface area contributed by atoms with Crippen LogP contribution in [0.2, 0.25) is 0 Å². The summed E-state index contributed by atoms with van der Waals surface area (Å²) in [5.41, 5.74) is 0. The van der Waals surface area contributed by atoms with Gasteiger partial charge in [0.2, 0.25) is 0 Å². The molecule has 1 aliphatic heterocycles. The second-order valence-corrected chi connectivity index (χ2v) is 2.93. The van der Waals surface area contributed by atoms with Gasteiger partial charge in [0.25, 0.3) is 0 Å². The van der Waals surface area contributed by atoms with Crippen molar-refractivity contribution >= 4 is 6.21 Å². The minimum Gasteiger partial charge on any atom is -0.411 e. The highest BCUT2D eigenvalue weighted by Crippen LogP contribution is 2.12. The summed E-state index contributed by atoms with van der Waals surface area (Å²) in [6.45, 7) is 2.21. The average molecular weight is 142 g/mol. The molecular formula is C7H14N2O. The second-order valence-electron chi connectivity index (χ2n) is 2.93. The van der Waals surface area contributed by atoms with E-state index < -0.39 is 0 Å². The second kappa shape index (κ2) is 3.56. The van der Waals surface area contributed by atoms with Gasteiger partial charge in [-0.1, -0.05) is 0 Å². The Hall–Kier alpha value is -0.570. The summed E-state index contributed by atoms with van der Waals surface area (Å²) in [4.78, 5) is 2.26. The van der Waals surface area contributed by atoms with Gasteiger partial charge in [0.05, 0.1) is 0 Å². The van der Waals surface area contributed by atoms with Crippen LogP contribution in [0.1, 0.15) is 12.8 Å². The number of rotatable bonds is 1. The summed E-state index contributed by atoms with van der Waals surface area (Å²) in [5, 5.41) is 11.3. The third-order valence-electron chi connectivity index (χ3n) is 1.94. The number of likely N-dealkylation sites (tertiary alicyclic amines) is 1. The molecule has 0 spiro atoms. The van der Waals surface area contributed by atoms with Crippen LogP contribution in [0.15, 0.2) is 5.16 Å². The standard InChI is InChI=1S/C7H14N2O/c1-9-4-2-3-7(6-9)5-8-10/h5,7,10H,2-4,6H2,1H3. The monoisotopic (exact) mass is 142 g/mol. The molecule has 0 saturated carbocycles. The van der Waals surface area contributed by atoms with Crippen LogP contribution in [0, 0.1) is 5.92 Å². The largest absolute Gasteiger partial charge is 0.411 e. The number of oxime groups is 1.